The van der Waals surface area contributed by atoms with E-state index >= 15 is 0 Å². The molecule has 0 amide bonds. The number of rotatable bonds is 8. The van der Waals surface area contributed by atoms with Gasteiger partial charge in [-0.1, -0.05) is 87.7 Å². The SMILES string of the molecule is CCCCCC(NCC)c1ccc(-c2ccccc2)cc1. The van der Waals surface area contributed by atoms with Gasteiger partial charge in [-0.3, -0.25) is 0 Å². The van der Waals surface area contributed by atoms with Crippen molar-refractivity contribution >= 4 is 0 Å². The van der Waals surface area contributed by atoms with Crippen LogP contribution >= 0.6 is 0 Å². The van der Waals surface area contributed by atoms with Crippen LogP contribution in [0.25, 0.3) is 11.1 Å². The third-order valence-electron chi connectivity index (χ3n) is 3.97. The number of hydrogen-bond donors (Lipinski definition) is 1. The van der Waals surface area contributed by atoms with Crippen molar-refractivity contribution in [3.8, 4) is 11.1 Å². The minimum atomic E-state index is 0.492. The Bertz CT molecular complexity index is 501. The van der Waals surface area contributed by atoms with Gasteiger partial charge in [0.2, 0.25) is 0 Å². The Hall–Kier alpha value is -1.60. The molecule has 1 unspecified atom stereocenters. The van der Waals surface area contributed by atoms with Gasteiger partial charge in [-0.15, -0.1) is 0 Å². The molecule has 0 spiro atoms. The van der Waals surface area contributed by atoms with Crippen molar-refractivity contribution in [3.05, 3.63) is 60.2 Å². The molecule has 112 valence electrons. The fourth-order valence-electron chi connectivity index (χ4n) is 2.77. The Morgan fingerprint density at radius 2 is 1.48 bits per heavy atom. The predicted octanol–water partition coefficient (Wildman–Crippen LogP) is 5.58. The van der Waals surface area contributed by atoms with Gasteiger partial charge in [0.1, 0.15) is 0 Å². The second kappa shape index (κ2) is 8.63. The molecule has 1 atom stereocenters. The van der Waals surface area contributed by atoms with Gasteiger partial charge in [0.15, 0.2) is 0 Å². The van der Waals surface area contributed by atoms with Crippen LogP contribution in [0, 0.1) is 0 Å². The molecule has 0 aliphatic rings. The van der Waals surface area contributed by atoms with E-state index in [1.165, 1.54) is 42.4 Å². The van der Waals surface area contributed by atoms with Crippen molar-refractivity contribution < 1.29 is 0 Å². The molecule has 0 heterocycles. The first-order chi connectivity index (χ1) is 10.3. The highest BCUT2D eigenvalue weighted by Crippen LogP contribution is 2.24. The normalized spacial score (nSPS) is 12.3. The zero-order valence-electron chi connectivity index (χ0n) is 13.3. The van der Waals surface area contributed by atoms with Gasteiger partial charge < -0.3 is 5.32 Å². The first-order valence-corrected chi connectivity index (χ1v) is 8.24. The first kappa shape index (κ1) is 15.8. The molecular weight excluding hydrogens is 254 g/mol. The van der Waals surface area contributed by atoms with Gasteiger partial charge in [0.05, 0.1) is 0 Å². The molecule has 1 heteroatoms. The third-order valence-corrected chi connectivity index (χ3v) is 3.97. The monoisotopic (exact) mass is 281 g/mol. The molecule has 0 aliphatic carbocycles. The zero-order chi connectivity index (χ0) is 14.9. The summed E-state index contributed by atoms with van der Waals surface area (Å²) in [6, 6.07) is 20.1. The van der Waals surface area contributed by atoms with E-state index in [-0.39, 0.29) is 0 Å². The van der Waals surface area contributed by atoms with Gasteiger partial charge in [-0.2, -0.15) is 0 Å². The van der Waals surface area contributed by atoms with E-state index < -0.39 is 0 Å². The summed E-state index contributed by atoms with van der Waals surface area (Å²) < 4.78 is 0. The van der Waals surface area contributed by atoms with Crippen LogP contribution in [0.15, 0.2) is 54.6 Å². The predicted molar refractivity (Wildman–Crippen MR) is 92.4 cm³/mol. The molecule has 1 nitrogen and oxygen atoms in total. The smallest absolute Gasteiger partial charge is 0.0320 e. The van der Waals surface area contributed by atoms with Gasteiger partial charge in [0.25, 0.3) is 0 Å². The molecule has 0 aromatic heterocycles. The minimum absolute atomic E-state index is 0.492. The lowest BCUT2D eigenvalue weighted by molar-refractivity contribution is 0.486. The second-order valence-corrected chi connectivity index (χ2v) is 5.59. The minimum Gasteiger partial charge on any atom is -0.310 e. The largest absolute Gasteiger partial charge is 0.310 e. The van der Waals surface area contributed by atoms with E-state index in [4.69, 9.17) is 0 Å². The standard InChI is InChI=1S/C20H27N/c1-3-5-7-12-20(21-4-2)19-15-13-18(14-16-19)17-10-8-6-9-11-17/h6,8-11,13-16,20-21H,3-5,7,12H2,1-2H3. The number of nitrogens with one attached hydrogen (secondary N) is 1. The Balaban J connectivity index is 2.08. The number of unbranched alkanes of at least 4 members (excludes halogenated alkanes) is 2. The molecule has 2 aromatic rings. The van der Waals surface area contributed by atoms with Crippen molar-refractivity contribution in [1.29, 1.82) is 0 Å². The van der Waals surface area contributed by atoms with Gasteiger partial charge in [-0.25, -0.2) is 0 Å². The molecule has 21 heavy (non-hydrogen) atoms. The van der Waals surface area contributed by atoms with Crippen molar-refractivity contribution in [1.82, 2.24) is 5.32 Å². The fourth-order valence-corrected chi connectivity index (χ4v) is 2.77. The first-order valence-electron chi connectivity index (χ1n) is 8.24. The molecule has 0 radical (unpaired) electrons. The summed E-state index contributed by atoms with van der Waals surface area (Å²) >= 11 is 0. The van der Waals surface area contributed by atoms with E-state index in [0.717, 1.165) is 6.54 Å². The quantitative estimate of drug-likeness (QED) is 0.622. The number of benzene rings is 2. The summed E-state index contributed by atoms with van der Waals surface area (Å²) in [6.07, 6.45) is 5.14. The maximum Gasteiger partial charge on any atom is 0.0320 e. The molecule has 0 saturated heterocycles. The Morgan fingerprint density at radius 3 is 2.10 bits per heavy atom. The highest BCUT2D eigenvalue weighted by molar-refractivity contribution is 5.63. The van der Waals surface area contributed by atoms with E-state index in [1.807, 2.05) is 0 Å². The van der Waals surface area contributed by atoms with Crippen LogP contribution in [0.3, 0.4) is 0 Å². The molecular formula is C20H27N. The van der Waals surface area contributed by atoms with Crippen molar-refractivity contribution in [2.45, 2.75) is 45.6 Å². The third kappa shape index (κ3) is 4.71. The summed E-state index contributed by atoms with van der Waals surface area (Å²) in [5.41, 5.74) is 3.99. The van der Waals surface area contributed by atoms with Crippen molar-refractivity contribution in [3.63, 3.8) is 0 Å². The average molecular weight is 281 g/mol. The highest BCUT2D eigenvalue weighted by Gasteiger charge is 2.09. The summed E-state index contributed by atoms with van der Waals surface area (Å²) in [7, 11) is 0. The number of hydrogen-bond acceptors (Lipinski definition) is 1. The van der Waals surface area contributed by atoms with Crippen LogP contribution in [0.1, 0.15) is 51.1 Å². The molecule has 0 bridgehead atoms. The maximum atomic E-state index is 3.62. The Kier molecular flexibility index (Phi) is 6.49. The topological polar surface area (TPSA) is 12.0 Å². The van der Waals surface area contributed by atoms with E-state index in [0.29, 0.717) is 6.04 Å². The summed E-state index contributed by atoms with van der Waals surface area (Å²) in [4.78, 5) is 0. The molecule has 0 fully saturated rings. The van der Waals surface area contributed by atoms with E-state index in [1.54, 1.807) is 0 Å². The summed E-state index contributed by atoms with van der Waals surface area (Å²) in [5, 5.41) is 3.62. The summed E-state index contributed by atoms with van der Waals surface area (Å²) in [5.74, 6) is 0. The average Bonchev–Trinajstić information content (AvgIpc) is 2.55. The van der Waals surface area contributed by atoms with Crippen LogP contribution in [0.2, 0.25) is 0 Å². The van der Waals surface area contributed by atoms with Crippen LogP contribution in [0.5, 0.6) is 0 Å². The molecule has 2 rings (SSSR count). The molecule has 0 aliphatic heterocycles. The van der Waals surface area contributed by atoms with Crippen LogP contribution in [0.4, 0.5) is 0 Å². The van der Waals surface area contributed by atoms with Crippen LogP contribution in [-0.2, 0) is 0 Å². The summed E-state index contributed by atoms with van der Waals surface area (Å²) in [6.45, 7) is 5.47. The molecule has 1 N–H and O–H groups in total. The molecule has 0 saturated carbocycles. The Morgan fingerprint density at radius 1 is 0.810 bits per heavy atom. The fraction of sp³-hybridized carbons (Fsp3) is 0.400. The van der Waals surface area contributed by atoms with Crippen molar-refractivity contribution in [2.75, 3.05) is 6.54 Å². The van der Waals surface area contributed by atoms with Crippen LogP contribution < -0.4 is 5.32 Å². The zero-order valence-corrected chi connectivity index (χ0v) is 13.3. The van der Waals surface area contributed by atoms with Crippen LogP contribution in [-0.4, -0.2) is 6.54 Å². The van der Waals surface area contributed by atoms with Gasteiger partial charge in [0, 0.05) is 6.04 Å². The van der Waals surface area contributed by atoms with Gasteiger partial charge in [-0.05, 0) is 29.7 Å². The van der Waals surface area contributed by atoms with E-state index in [2.05, 4.69) is 73.8 Å². The lowest BCUT2D eigenvalue weighted by Gasteiger charge is -2.18. The maximum absolute atomic E-state index is 3.62. The highest BCUT2D eigenvalue weighted by atomic mass is 14.9. The Labute approximate surface area is 129 Å². The lowest BCUT2D eigenvalue weighted by Crippen LogP contribution is -2.20. The lowest BCUT2D eigenvalue weighted by atomic mass is 9.97. The molecule has 2 aromatic carbocycles. The van der Waals surface area contributed by atoms with Crippen molar-refractivity contribution in [2.24, 2.45) is 0 Å². The van der Waals surface area contributed by atoms with Gasteiger partial charge >= 0.3 is 0 Å². The second-order valence-electron chi connectivity index (χ2n) is 5.59. The van der Waals surface area contributed by atoms with E-state index in [9.17, 15) is 0 Å².